The molecule has 1 aliphatic carbocycles. The van der Waals surface area contributed by atoms with Gasteiger partial charge in [-0.3, -0.25) is 0 Å². The molecular formula is C37H47N. The van der Waals surface area contributed by atoms with Crippen LogP contribution in [0.5, 0.6) is 0 Å². The van der Waals surface area contributed by atoms with E-state index in [4.69, 9.17) is 0 Å². The van der Waals surface area contributed by atoms with Crippen LogP contribution >= 0.6 is 0 Å². The van der Waals surface area contributed by atoms with Crippen molar-refractivity contribution in [2.45, 2.75) is 74.1 Å². The summed E-state index contributed by atoms with van der Waals surface area (Å²) >= 11 is 0. The maximum Gasteiger partial charge on any atom is 0.0465 e. The Hall–Kier alpha value is -3.06. The Morgan fingerprint density at radius 2 is 1.42 bits per heavy atom. The van der Waals surface area contributed by atoms with Gasteiger partial charge in [0.15, 0.2) is 0 Å². The number of nitrogens with zero attached hydrogens (tertiary/aromatic N) is 1. The molecule has 0 saturated carbocycles. The van der Waals surface area contributed by atoms with E-state index in [1.165, 1.54) is 69.5 Å². The Bertz CT molecular complexity index is 1240. The lowest BCUT2D eigenvalue weighted by Crippen LogP contribution is -2.22. The molecule has 2 aromatic rings. The lowest BCUT2D eigenvalue weighted by atomic mass is 9.79. The molecule has 1 heteroatoms. The molecule has 0 bridgehead atoms. The van der Waals surface area contributed by atoms with Crippen molar-refractivity contribution in [1.29, 1.82) is 0 Å². The lowest BCUT2D eigenvalue weighted by molar-refractivity contribution is 0.374. The van der Waals surface area contributed by atoms with Crippen LogP contribution in [0.1, 0.15) is 71.6 Å². The Labute approximate surface area is 232 Å². The molecule has 0 fully saturated rings. The van der Waals surface area contributed by atoms with E-state index in [-0.39, 0.29) is 0 Å². The van der Waals surface area contributed by atoms with Crippen LogP contribution in [0, 0.1) is 59.3 Å². The monoisotopic (exact) mass is 505 g/mol. The Morgan fingerprint density at radius 3 is 2.05 bits per heavy atom. The second kappa shape index (κ2) is 12.7. The normalized spacial score (nSPS) is 21.3. The number of hydrogen-bond donors (Lipinski definition) is 0. The van der Waals surface area contributed by atoms with E-state index in [1.54, 1.807) is 0 Å². The van der Waals surface area contributed by atoms with Gasteiger partial charge in [0.25, 0.3) is 0 Å². The zero-order valence-corrected chi connectivity index (χ0v) is 24.7. The van der Waals surface area contributed by atoms with Gasteiger partial charge in [-0.25, -0.2) is 0 Å². The van der Waals surface area contributed by atoms with E-state index in [0.29, 0.717) is 17.8 Å². The van der Waals surface area contributed by atoms with Crippen molar-refractivity contribution < 1.29 is 0 Å². The molecule has 2 aliphatic rings. The Kier molecular flexibility index (Phi) is 9.31. The molecule has 0 spiro atoms. The summed E-state index contributed by atoms with van der Waals surface area (Å²) in [7, 11) is 0. The molecule has 2 aromatic carbocycles. The number of benzene rings is 2. The van der Waals surface area contributed by atoms with E-state index in [2.05, 4.69) is 132 Å². The molecule has 38 heavy (non-hydrogen) atoms. The van der Waals surface area contributed by atoms with E-state index in [0.717, 1.165) is 13.0 Å². The summed E-state index contributed by atoms with van der Waals surface area (Å²) in [5.74, 6) is 1.83. The minimum Gasteiger partial charge on any atom is -0.347 e. The van der Waals surface area contributed by atoms with Crippen LogP contribution in [0.15, 0.2) is 79.1 Å². The van der Waals surface area contributed by atoms with Gasteiger partial charge in [-0.15, -0.1) is 0 Å². The lowest BCUT2D eigenvalue weighted by Gasteiger charge is -2.28. The van der Waals surface area contributed by atoms with Crippen molar-refractivity contribution in [1.82, 2.24) is 0 Å². The maximum atomic E-state index is 2.48. The highest BCUT2D eigenvalue weighted by molar-refractivity contribution is 5.72. The van der Waals surface area contributed by atoms with Gasteiger partial charge in [0, 0.05) is 18.4 Å². The van der Waals surface area contributed by atoms with Crippen molar-refractivity contribution in [3.05, 3.63) is 118 Å². The fraction of sp³-hybridized carbons (Fsp3) is 0.405. The summed E-state index contributed by atoms with van der Waals surface area (Å²) in [6, 6.07) is 9.28. The third kappa shape index (κ3) is 6.68. The van der Waals surface area contributed by atoms with Gasteiger partial charge in [-0.05, 0) is 125 Å². The highest BCUT2D eigenvalue weighted by Crippen LogP contribution is 2.36. The first-order chi connectivity index (χ1) is 18.3. The average molecular weight is 506 g/mol. The SMILES string of the molecule is CC=CC=C(CCCC1C=CC=CC1CC1C=CN(c2c(C)cc(C)cc2C)C1)c1c(C)cc(C)cc1C. The van der Waals surface area contributed by atoms with Gasteiger partial charge in [0.2, 0.25) is 0 Å². The molecular weight excluding hydrogens is 458 g/mol. The average Bonchev–Trinajstić information content (AvgIpc) is 3.29. The number of rotatable bonds is 9. The smallest absolute Gasteiger partial charge is 0.0465 e. The highest BCUT2D eigenvalue weighted by Gasteiger charge is 2.26. The van der Waals surface area contributed by atoms with Gasteiger partial charge in [0.05, 0.1) is 0 Å². The molecule has 3 atom stereocenters. The molecule has 0 N–H and O–H groups in total. The van der Waals surface area contributed by atoms with Crippen LogP contribution in [0.2, 0.25) is 0 Å². The van der Waals surface area contributed by atoms with Crippen LogP contribution < -0.4 is 4.90 Å². The van der Waals surface area contributed by atoms with Gasteiger partial charge in [-0.1, -0.05) is 84.0 Å². The standard InChI is InChI=1S/C37H47N/c1-8-9-13-34(36-28(4)20-26(2)21-29(36)5)17-12-16-33-14-10-11-15-35(33)24-32-18-19-38(25-32)37-30(6)22-27(3)23-31(37)7/h8-11,13-15,18-23,32-33,35H,12,16-17,24-25H2,1-7H3. The third-order valence-electron chi connectivity index (χ3n) is 8.32. The predicted molar refractivity (Wildman–Crippen MR) is 168 cm³/mol. The van der Waals surface area contributed by atoms with Crippen LogP contribution in [0.3, 0.4) is 0 Å². The summed E-state index contributed by atoms with van der Waals surface area (Å²) in [5, 5.41) is 0. The molecule has 200 valence electrons. The zero-order chi connectivity index (χ0) is 27.2. The van der Waals surface area contributed by atoms with Crippen molar-refractivity contribution in [3.8, 4) is 0 Å². The van der Waals surface area contributed by atoms with E-state index >= 15 is 0 Å². The minimum absolute atomic E-state index is 0.599. The van der Waals surface area contributed by atoms with Crippen molar-refractivity contribution >= 4 is 11.3 Å². The molecule has 0 radical (unpaired) electrons. The summed E-state index contributed by atoms with van der Waals surface area (Å²) in [6.45, 7) is 16.6. The van der Waals surface area contributed by atoms with Crippen LogP contribution in [0.4, 0.5) is 5.69 Å². The Morgan fingerprint density at radius 1 is 0.816 bits per heavy atom. The Balaban J connectivity index is 1.39. The first kappa shape index (κ1) is 28.0. The number of aryl methyl sites for hydroxylation is 6. The van der Waals surface area contributed by atoms with Crippen LogP contribution in [0.25, 0.3) is 5.57 Å². The molecule has 3 unspecified atom stereocenters. The summed E-state index contributed by atoms with van der Waals surface area (Å²) in [6.07, 6.45) is 25.7. The molecule has 0 saturated heterocycles. The minimum atomic E-state index is 0.599. The number of anilines is 1. The molecule has 1 aliphatic heterocycles. The van der Waals surface area contributed by atoms with Gasteiger partial charge in [-0.2, -0.15) is 0 Å². The van der Waals surface area contributed by atoms with Gasteiger partial charge < -0.3 is 4.90 Å². The summed E-state index contributed by atoms with van der Waals surface area (Å²) < 4.78 is 0. The van der Waals surface area contributed by atoms with Crippen LogP contribution in [-0.4, -0.2) is 6.54 Å². The second-order valence-corrected chi connectivity index (χ2v) is 11.7. The molecule has 0 amide bonds. The third-order valence-corrected chi connectivity index (χ3v) is 8.32. The molecule has 0 aromatic heterocycles. The van der Waals surface area contributed by atoms with E-state index in [1.807, 2.05) is 0 Å². The molecule has 4 rings (SSSR count). The maximum absolute atomic E-state index is 2.48. The van der Waals surface area contributed by atoms with Crippen molar-refractivity contribution in [3.63, 3.8) is 0 Å². The van der Waals surface area contributed by atoms with Gasteiger partial charge in [0.1, 0.15) is 0 Å². The highest BCUT2D eigenvalue weighted by atomic mass is 15.1. The quantitative estimate of drug-likeness (QED) is 0.306. The summed E-state index contributed by atoms with van der Waals surface area (Å²) in [5.41, 5.74) is 12.6. The number of hydrogen-bond acceptors (Lipinski definition) is 1. The topological polar surface area (TPSA) is 3.24 Å². The number of allylic oxidation sites excluding steroid dienone is 8. The van der Waals surface area contributed by atoms with Crippen LogP contribution in [-0.2, 0) is 0 Å². The molecule has 1 nitrogen and oxygen atoms in total. The van der Waals surface area contributed by atoms with Crippen molar-refractivity contribution in [2.24, 2.45) is 17.8 Å². The second-order valence-electron chi connectivity index (χ2n) is 11.7. The largest absolute Gasteiger partial charge is 0.347 e. The first-order valence-electron chi connectivity index (χ1n) is 14.5. The fourth-order valence-electron chi connectivity index (χ4n) is 6.88. The summed E-state index contributed by atoms with van der Waals surface area (Å²) in [4.78, 5) is 2.48. The predicted octanol–water partition coefficient (Wildman–Crippen LogP) is 10.1. The fourth-order valence-corrected chi connectivity index (χ4v) is 6.88. The zero-order valence-electron chi connectivity index (χ0n) is 24.7. The molecule has 1 heterocycles. The first-order valence-corrected chi connectivity index (χ1v) is 14.5. The van der Waals surface area contributed by atoms with Crippen molar-refractivity contribution in [2.75, 3.05) is 11.4 Å². The van der Waals surface area contributed by atoms with Gasteiger partial charge >= 0.3 is 0 Å². The van der Waals surface area contributed by atoms with E-state index in [9.17, 15) is 0 Å². The van der Waals surface area contributed by atoms with E-state index < -0.39 is 0 Å².